The lowest BCUT2D eigenvalue weighted by atomic mass is 10.1. The first-order chi connectivity index (χ1) is 13.5. The van der Waals surface area contributed by atoms with E-state index in [0.717, 1.165) is 11.1 Å². The van der Waals surface area contributed by atoms with Gasteiger partial charge in [-0.2, -0.15) is 5.10 Å². The SMILES string of the molecule is COc1ccc(C(C)=NNC(=O)CNC(=O)C=Cc2ccccc2)c(OC)c1. The van der Waals surface area contributed by atoms with Crippen molar-refractivity contribution in [3.8, 4) is 11.5 Å². The maximum atomic E-state index is 11.9. The summed E-state index contributed by atoms with van der Waals surface area (Å²) in [5.74, 6) is 0.433. The number of hydrazone groups is 1. The normalized spacial score (nSPS) is 11.2. The minimum absolute atomic E-state index is 0.186. The molecule has 0 saturated carbocycles. The number of amides is 2. The van der Waals surface area contributed by atoms with Crippen molar-refractivity contribution in [2.45, 2.75) is 6.92 Å². The van der Waals surface area contributed by atoms with Crippen LogP contribution in [0.25, 0.3) is 6.08 Å². The van der Waals surface area contributed by atoms with Gasteiger partial charge < -0.3 is 14.8 Å². The molecule has 0 aliphatic carbocycles. The summed E-state index contributed by atoms with van der Waals surface area (Å²) in [4.78, 5) is 23.7. The Kier molecular flexibility index (Phi) is 7.77. The zero-order valence-corrected chi connectivity index (χ0v) is 16.1. The largest absolute Gasteiger partial charge is 0.497 e. The van der Waals surface area contributed by atoms with Gasteiger partial charge >= 0.3 is 0 Å². The first-order valence-corrected chi connectivity index (χ1v) is 8.60. The predicted molar refractivity (Wildman–Crippen MR) is 108 cm³/mol. The molecule has 7 heteroatoms. The van der Waals surface area contributed by atoms with E-state index in [1.165, 1.54) is 6.08 Å². The lowest BCUT2D eigenvalue weighted by Crippen LogP contribution is -2.34. The minimum atomic E-state index is -0.437. The van der Waals surface area contributed by atoms with E-state index in [2.05, 4.69) is 15.8 Å². The summed E-state index contributed by atoms with van der Waals surface area (Å²) >= 11 is 0. The van der Waals surface area contributed by atoms with Crippen LogP contribution in [0.4, 0.5) is 0 Å². The third-order valence-corrected chi connectivity index (χ3v) is 3.80. The van der Waals surface area contributed by atoms with E-state index in [1.807, 2.05) is 30.3 Å². The number of nitrogens with one attached hydrogen (secondary N) is 2. The highest BCUT2D eigenvalue weighted by Gasteiger charge is 2.09. The third-order valence-electron chi connectivity index (χ3n) is 3.80. The van der Waals surface area contributed by atoms with Gasteiger partial charge in [0.25, 0.3) is 5.91 Å². The number of carbonyl (C=O) groups is 2. The average molecular weight is 381 g/mol. The van der Waals surface area contributed by atoms with Crippen LogP contribution < -0.4 is 20.2 Å². The number of methoxy groups -OCH3 is 2. The zero-order valence-electron chi connectivity index (χ0n) is 16.1. The standard InChI is InChI=1S/C21H23N3O4/c1-15(18-11-10-17(27-2)13-19(18)28-3)23-24-21(26)14-22-20(25)12-9-16-7-5-4-6-8-16/h4-13H,14H2,1-3H3,(H,22,25)(H,24,26). The van der Waals surface area contributed by atoms with Crippen molar-refractivity contribution in [3.05, 3.63) is 65.7 Å². The highest BCUT2D eigenvalue weighted by Crippen LogP contribution is 2.24. The Morgan fingerprint density at radius 2 is 1.82 bits per heavy atom. The molecule has 0 aliphatic heterocycles. The molecule has 0 radical (unpaired) electrons. The molecule has 0 heterocycles. The van der Waals surface area contributed by atoms with Crippen molar-refractivity contribution in [2.75, 3.05) is 20.8 Å². The summed E-state index contributed by atoms with van der Waals surface area (Å²) in [7, 11) is 3.11. The second-order valence-electron chi connectivity index (χ2n) is 5.76. The molecule has 0 fully saturated rings. The molecule has 7 nitrogen and oxygen atoms in total. The molecular weight excluding hydrogens is 358 g/mol. The van der Waals surface area contributed by atoms with E-state index < -0.39 is 5.91 Å². The van der Waals surface area contributed by atoms with Gasteiger partial charge in [-0.1, -0.05) is 30.3 Å². The first kappa shape index (κ1) is 20.7. The molecule has 2 aromatic carbocycles. The molecule has 0 aromatic heterocycles. The van der Waals surface area contributed by atoms with Crippen LogP contribution in [0.5, 0.6) is 11.5 Å². The second-order valence-corrected chi connectivity index (χ2v) is 5.76. The van der Waals surface area contributed by atoms with Crippen LogP contribution in [0.15, 0.2) is 59.7 Å². The number of hydrogen-bond acceptors (Lipinski definition) is 5. The van der Waals surface area contributed by atoms with Gasteiger partial charge in [0.05, 0.1) is 26.5 Å². The molecule has 2 amide bonds. The quantitative estimate of drug-likeness (QED) is 0.417. The summed E-state index contributed by atoms with van der Waals surface area (Å²) in [5, 5.41) is 6.56. The fourth-order valence-electron chi connectivity index (χ4n) is 2.31. The summed E-state index contributed by atoms with van der Waals surface area (Å²) < 4.78 is 10.5. The van der Waals surface area contributed by atoms with E-state index in [9.17, 15) is 9.59 Å². The molecule has 146 valence electrons. The molecule has 0 spiro atoms. The van der Waals surface area contributed by atoms with Gasteiger partial charge in [-0.15, -0.1) is 0 Å². The van der Waals surface area contributed by atoms with Crippen LogP contribution >= 0.6 is 0 Å². The molecule has 0 aliphatic rings. The van der Waals surface area contributed by atoms with E-state index in [1.54, 1.807) is 45.4 Å². The third kappa shape index (κ3) is 6.28. The van der Waals surface area contributed by atoms with Crippen molar-refractivity contribution in [1.82, 2.24) is 10.7 Å². The maximum absolute atomic E-state index is 11.9. The molecule has 2 aromatic rings. The summed E-state index contributed by atoms with van der Waals surface area (Å²) in [6.07, 6.45) is 3.05. The van der Waals surface area contributed by atoms with Gasteiger partial charge in [0.15, 0.2) is 0 Å². The summed E-state index contributed by atoms with van der Waals surface area (Å²) in [6.45, 7) is 1.56. The number of carbonyl (C=O) groups excluding carboxylic acids is 2. The Morgan fingerprint density at radius 3 is 2.50 bits per heavy atom. The van der Waals surface area contributed by atoms with Crippen LogP contribution in [-0.4, -0.2) is 38.3 Å². The van der Waals surface area contributed by atoms with Gasteiger partial charge in [-0.25, -0.2) is 5.43 Å². The highest BCUT2D eigenvalue weighted by atomic mass is 16.5. The number of nitrogens with zero attached hydrogens (tertiary/aromatic N) is 1. The second kappa shape index (κ2) is 10.5. The van der Waals surface area contributed by atoms with E-state index in [0.29, 0.717) is 17.2 Å². The summed E-state index contributed by atoms with van der Waals surface area (Å²) in [5.41, 5.74) is 4.59. The Morgan fingerprint density at radius 1 is 1.07 bits per heavy atom. The number of rotatable bonds is 8. The van der Waals surface area contributed by atoms with Gasteiger partial charge in [-0.3, -0.25) is 9.59 Å². The first-order valence-electron chi connectivity index (χ1n) is 8.60. The monoisotopic (exact) mass is 381 g/mol. The van der Waals surface area contributed by atoms with E-state index in [4.69, 9.17) is 9.47 Å². The Hall–Kier alpha value is -3.61. The van der Waals surface area contributed by atoms with Gasteiger partial charge in [0.2, 0.25) is 5.91 Å². The Labute approximate surface area is 164 Å². The molecular formula is C21H23N3O4. The van der Waals surface area contributed by atoms with Crippen molar-refractivity contribution >= 4 is 23.6 Å². The Balaban J connectivity index is 1.87. The number of benzene rings is 2. The van der Waals surface area contributed by atoms with Crippen molar-refractivity contribution in [3.63, 3.8) is 0 Å². The molecule has 2 N–H and O–H groups in total. The molecule has 2 rings (SSSR count). The van der Waals surface area contributed by atoms with Gasteiger partial charge in [0.1, 0.15) is 11.5 Å². The van der Waals surface area contributed by atoms with Crippen LogP contribution in [-0.2, 0) is 9.59 Å². The topological polar surface area (TPSA) is 89.0 Å². The van der Waals surface area contributed by atoms with Crippen LogP contribution in [0.3, 0.4) is 0 Å². The molecule has 0 atom stereocenters. The molecule has 0 unspecified atom stereocenters. The molecule has 0 saturated heterocycles. The summed E-state index contributed by atoms with van der Waals surface area (Å²) in [6, 6.07) is 14.7. The lowest BCUT2D eigenvalue weighted by Gasteiger charge is -2.10. The Bertz CT molecular complexity index is 876. The number of ether oxygens (including phenoxy) is 2. The molecule has 0 bridgehead atoms. The van der Waals surface area contributed by atoms with Gasteiger partial charge in [-0.05, 0) is 30.7 Å². The van der Waals surface area contributed by atoms with Crippen molar-refractivity contribution < 1.29 is 19.1 Å². The minimum Gasteiger partial charge on any atom is -0.497 e. The van der Waals surface area contributed by atoms with E-state index in [-0.39, 0.29) is 12.5 Å². The van der Waals surface area contributed by atoms with Crippen molar-refractivity contribution in [2.24, 2.45) is 5.10 Å². The fourth-order valence-corrected chi connectivity index (χ4v) is 2.31. The molecule has 28 heavy (non-hydrogen) atoms. The van der Waals surface area contributed by atoms with Crippen molar-refractivity contribution in [1.29, 1.82) is 0 Å². The zero-order chi connectivity index (χ0) is 20.4. The fraction of sp³-hybridized carbons (Fsp3) is 0.190. The number of hydrogen-bond donors (Lipinski definition) is 2. The predicted octanol–water partition coefficient (Wildman–Crippen LogP) is 2.37. The van der Waals surface area contributed by atoms with Crippen LogP contribution in [0.1, 0.15) is 18.1 Å². The van der Waals surface area contributed by atoms with E-state index >= 15 is 0 Å². The van der Waals surface area contributed by atoms with Gasteiger partial charge in [0, 0.05) is 17.7 Å². The smallest absolute Gasteiger partial charge is 0.259 e. The van der Waals surface area contributed by atoms with Crippen LogP contribution in [0, 0.1) is 0 Å². The average Bonchev–Trinajstić information content (AvgIpc) is 2.74. The maximum Gasteiger partial charge on any atom is 0.259 e. The van der Waals surface area contributed by atoms with Crippen LogP contribution in [0.2, 0.25) is 0 Å². The lowest BCUT2D eigenvalue weighted by molar-refractivity contribution is -0.123. The highest BCUT2D eigenvalue weighted by molar-refractivity contribution is 6.02.